The Labute approximate surface area is 113 Å². The second kappa shape index (κ2) is 5.48. The highest BCUT2D eigenvalue weighted by atomic mass is 79.9. The Morgan fingerprint density at radius 2 is 1.89 bits per heavy atom. The van der Waals surface area contributed by atoms with Gasteiger partial charge in [-0.2, -0.15) is 0 Å². The Morgan fingerprint density at radius 3 is 2.61 bits per heavy atom. The van der Waals surface area contributed by atoms with E-state index in [1.807, 2.05) is 6.92 Å². The lowest BCUT2D eigenvalue weighted by atomic mass is 10.2. The van der Waals surface area contributed by atoms with E-state index in [2.05, 4.69) is 15.9 Å². The fourth-order valence-electron chi connectivity index (χ4n) is 1.57. The van der Waals surface area contributed by atoms with E-state index < -0.39 is 0 Å². The zero-order chi connectivity index (χ0) is 13.1. The normalized spacial score (nSPS) is 10.4. The lowest BCUT2D eigenvalue weighted by molar-refractivity contribution is 0.462. The van der Waals surface area contributed by atoms with Crippen LogP contribution in [0, 0.1) is 18.6 Å². The molecule has 0 aliphatic heterocycles. The maximum atomic E-state index is 13.5. The highest BCUT2D eigenvalue weighted by molar-refractivity contribution is 9.08. The number of alkyl halides is 1. The van der Waals surface area contributed by atoms with Crippen molar-refractivity contribution < 1.29 is 13.5 Å². The molecule has 0 atom stereocenters. The molecule has 0 saturated heterocycles. The molecule has 18 heavy (non-hydrogen) atoms. The maximum absolute atomic E-state index is 13.5. The molecule has 0 spiro atoms. The Bertz CT molecular complexity index is 570. The highest BCUT2D eigenvalue weighted by Gasteiger charge is 2.10. The van der Waals surface area contributed by atoms with Crippen molar-refractivity contribution in [2.45, 2.75) is 12.3 Å². The van der Waals surface area contributed by atoms with E-state index in [9.17, 15) is 8.78 Å². The van der Waals surface area contributed by atoms with Crippen LogP contribution >= 0.6 is 15.9 Å². The molecule has 0 unspecified atom stereocenters. The van der Waals surface area contributed by atoms with Gasteiger partial charge in [0.1, 0.15) is 23.1 Å². The molecule has 0 saturated carbocycles. The van der Waals surface area contributed by atoms with Crippen molar-refractivity contribution >= 4 is 15.9 Å². The molecule has 2 aromatic rings. The molecule has 2 rings (SSSR count). The number of rotatable bonds is 3. The fourth-order valence-corrected chi connectivity index (χ4v) is 2.11. The van der Waals surface area contributed by atoms with Gasteiger partial charge in [-0.25, -0.2) is 8.78 Å². The van der Waals surface area contributed by atoms with Gasteiger partial charge in [0, 0.05) is 17.0 Å². The molecule has 0 aliphatic rings. The van der Waals surface area contributed by atoms with E-state index in [1.165, 1.54) is 18.2 Å². The Kier molecular flexibility index (Phi) is 3.97. The molecular weight excluding hydrogens is 302 g/mol. The molecule has 0 aromatic heterocycles. The van der Waals surface area contributed by atoms with Gasteiger partial charge in [-0.1, -0.05) is 28.1 Å². The standard InChI is InChI=1S/C14H11BrF2O/c1-9-5-6-10(16)7-14(9)18-13-4-2-3-12(17)11(13)8-15/h2-7H,8H2,1H3. The molecule has 0 heterocycles. The summed E-state index contributed by atoms with van der Waals surface area (Å²) in [5.74, 6) is 0.0502. The number of hydrogen-bond acceptors (Lipinski definition) is 1. The topological polar surface area (TPSA) is 9.23 Å². The zero-order valence-electron chi connectivity index (χ0n) is 9.71. The summed E-state index contributed by atoms with van der Waals surface area (Å²) in [6.07, 6.45) is 0. The molecule has 4 heteroatoms. The van der Waals surface area contributed by atoms with Crippen molar-refractivity contribution in [2.75, 3.05) is 0 Å². The van der Waals surface area contributed by atoms with Crippen molar-refractivity contribution in [3.05, 3.63) is 59.2 Å². The fraction of sp³-hybridized carbons (Fsp3) is 0.143. The summed E-state index contributed by atoms with van der Waals surface area (Å²) >= 11 is 3.21. The van der Waals surface area contributed by atoms with Crippen LogP contribution in [0.2, 0.25) is 0 Å². The minimum absolute atomic E-state index is 0.337. The van der Waals surface area contributed by atoms with E-state index in [1.54, 1.807) is 18.2 Å². The first-order valence-electron chi connectivity index (χ1n) is 5.39. The molecule has 0 radical (unpaired) electrons. The lowest BCUT2D eigenvalue weighted by Gasteiger charge is -2.12. The molecule has 0 N–H and O–H groups in total. The van der Waals surface area contributed by atoms with Crippen molar-refractivity contribution in [3.63, 3.8) is 0 Å². The molecule has 0 aliphatic carbocycles. The van der Waals surface area contributed by atoms with Crippen LogP contribution in [0.25, 0.3) is 0 Å². The molecule has 0 amide bonds. The molecule has 0 bridgehead atoms. The highest BCUT2D eigenvalue weighted by Crippen LogP contribution is 2.31. The zero-order valence-corrected chi connectivity index (χ0v) is 11.3. The van der Waals surface area contributed by atoms with E-state index >= 15 is 0 Å². The van der Waals surface area contributed by atoms with Crippen molar-refractivity contribution in [2.24, 2.45) is 0 Å². The van der Waals surface area contributed by atoms with Crippen molar-refractivity contribution in [1.82, 2.24) is 0 Å². The third-order valence-electron chi connectivity index (χ3n) is 2.58. The van der Waals surface area contributed by atoms with Gasteiger partial charge < -0.3 is 4.74 Å². The van der Waals surface area contributed by atoms with Crippen LogP contribution in [0.1, 0.15) is 11.1 Å². The number of aryl methyl sites for hydroxylation is 1. The van der Waals surface area contributed by atoms with Crippen LogP contribution in [-0.2, 0) is 5.33 Å². The van der Waals surface area contributed by atoms with Gasteiger partial charge in [0.05, 0.1) is 0 Å². The van der Waals surface area contributed by atoms with Gasteiger partial charge in [0.15, 0.2) is 0 Å². The first-order valence-corrected chi connectivity index (χ1v) is 6.51. The minimum atomic E-state index is -0.382. The summed E-state index contributed by atoms with van der Waals surface area (Å²) in [6.45, 7) is 1.81. The minimum Gasteiger partial charge on any atom is -0.457 e. The van der Waals surface area contributed by atoms with Crippen LogP contribution in [0.5, 0.6) is 11.5 Å². The van der Waals surface area contributed by atoms with Gasteiger partial charge in [-0.05, 0) is 30.7 Å². The summed E-state index contributed by atoms with van der Waals surface area (Å²) in [5.41, 5.74) is 1.21. The summed E-state index contributed by atoms with van der Waals surface area (Å²) in [4.78, 5) is 0. The molecule has 2 aromatic carbocycles. The smallest absolute Gasteiger partial charge is 0.134 e. The average molecular weight is 313 g/mol. The predicted molar refractivity (Wildman–Crippen MR) is 70.2 cm³/mol. The number of halogens is 3. The quantitative estimate of drug-likeness (QED) is 0.728. The second-order valence-corrected chi connectivity index (χ2v) is 4.42. The SMILES string of the molecule is Cc1ccc(F)cc1Oc1cccc(F)c1CBr. The first kappa shape index (κ1) is 13.0. The van der Waals surface area contributed by atoms with Gasteiger partial charge in [-0.3, -0.25) is 0 Å². The Hall–Kier alpha value is -1.42. The van der Waals surface area contributed by atoms with E-state index in [-0.39, 0.29) is 11.6 Å². The van der Waals surface area contributed by atoms with Crippen LogP contribution < -0.4 is 4.74 Å². The number of benzene rings is 2. The molecule has 0 fully saturated rings. The molecular formula is C14H11BrF2O. The van der Waals surface area contributed by atoms with Crippen LogP contribution in [0.4, 0.5) is 8.78 Å². The van der Waals surface area contributed by atoms with Gasteiger partial charge in [0.25, 0.3) is 0 Å². The van der Waals surface area contributed by atoms with Crippen molar-refractivity contribution in [3.8, 4) is 11.5 Å². The third kappa shape index (κ3) is 2.70. The summed E-state index contributed by atoms with van der Waals surface area (Å²) < 4.78 is 32.3. The van der Waals surface area contributed by atoms with Crippen LogP contribution in [0.3, 0.4) is 0 Å². The third-order valence-corrected chi connectivity index (χ3v) is 3.14. The average Bonchev–Trinajstić information content (AvgIpc) is 2.34. The Balaban J connectivity index is 2.40. The largest absolute Gasteiger partial charge is 0.457 e. The maximum Gasteiger partial charge on any atom is 0.134 e. The second-order valence-electron chi connectivity index (χ2n) is 3.86. The van der Waals surface area contributed by atoms with Gasteiger partial charge >= 0.3 is 0 Å². The molecule has 1 nitrogen and oxygen atoms in total. The van der Waals surface area contributed by atoms with Crippen LogP contribution in [0.15, 0.2) is 36.4 Å². The Morgan fingerprint density at radius 1 is 1.11 bits per heavy atom. The van der Waals surface area contributed by atoms with Gasteiger partial charge in [0.2, 0.25) is 0 Å². The monoisotopic (exact) mass is 312 g/mol. The van der Waals surface area contributed by atoms with Gasteiger partial charge in [-0.15, -0.1) is 0 Å². The number of hydrogen-bond donors (Lipinski definition) is 0. The summed E-state index contributed by atoms with van der Waals surface area (Å²) in [5, 5.41) is 0.337. The summed E-state index contributed by atoms with van der Waals surface area (Å²) in [7, 11) is 0. The summed E-state index contributed by atoms with van der Waals surface area (Å²) in [6, 6.07) is 8.85. The number of ether oxygens (including phenoxy) is 1. The van der Waals surface area contributed by atoms with E-state index in [0.29, 0.717) is 22.4 Å². The van der Waals surface area contributed by atoms with E-state index in [4.69, 9.17) is 4.74 Å². The van der Waals surface area contributed by atoms with Crippen molar-refractivity contribution in [1.29, 1.82) is 0 Å². The lowest BCUT2D eigenvalue weighted by Crippen LogP contribution is -1.95. The van der Waals surface area contributed by atoms with Crippen LogP contribution in [-0.4, -0.2) is 0 Å². The predicted octanol–water partition coefficient (Wildman–Crippen LogP) is 4.96. The van der Waals surface area contributed by atoms with E-state index in [0.717, 1.165) is 5.56 Å². The first-order chi connectivity index (χ1) is 8.61. The molecule has 94 valence electrons.